The molecule has 0 aliphatic carbocycles. The van der Waals surface area contributed by atoms with Crippen LogP contribution < -0.4 is 14.8 Å². The highest BCUT2D eigenvalue weighted by Crippen LogP contribution is 2.23. The molecule has 0 fully saturated rings. The van der Waals surface area contributed by atoms with Gasteiger partial charge in [0.25, 0.3) is 5.91 Å². The van der Waals surface area contributed by atoms with Crippen LogP contribution in [0.4, 0.5) is 5.69 Å². The van der Waals surface area contributed by atoms with Crippen molar-refractivity contribution in [2.45, 2.75) is 13.0 Å². The first-order valence-electron chi connectivity index (χ1n) is 7.32. The molecule has 2 N–H and O–H groups in total. The lowest BCUT2D eigenvalue weighted by atomic mass is 10.1. The molecule has 0 aliphatic heterocycles. The van der Waals surface area contributed by atoms with Gasteiger partial charge in [0, 0.05) is 5.56 Å². The van der Waals surface area contributed by atoms with Gasteiger partial charge in [0.1, 0.15) is 5.75 Å². The molecule has 1 atom stereocenters. The standard InChI is InChI=1S/C17H20N2O4S/c1-12(15-6-4-5-7-16(15)19-24(3,21)22)18-17(20)13-8-10-14(23-2)11-9-13/h4-12,19H,1-3H3,(H,18,20). The van der Waals surface area contributed by atoms with E-state index in [-0.39, 0.29) is 11.9 Å². The number of carbonyl (C=O) groups excluding carboxylic acids is 1. The largest absolute Gasteiger partial charge is 0.497 e. The number of methoxy groups -OCH3 is 1. The topological polar surface area (TPSA) is 84.5 Å². The third-order valence-corrected chi connectivity index (χ3v) is 4.01. The molecule has 0 radical (unpaired) electrons. The Hall–Kier alpha value is -2.54. The van der Waals surface area contributed by atoms with E-state index in [1.54, 1.807) is 62.6 Å². The zero-order valence-electron chi connectivity index (χ0n) is 13.7. The molecule has 7 heteroatoms. The molecule has 1 unspecified atom stereocenters. The van der Waals surface area contributed by atoms with Crippen molar-refractivity contribution in [1.29, 1.82) is 0 Å². The second kappa shape index (κ2) is 7.35. The number of carbonyl (C=O) groups is 1. The average Bonchev–Trinajstić information content (AvgIpc) is 2.53. The van der Waals surface area contributed by atoms with Crippen molar-refractivity contribution >= 4 is 21.6 Å². The second-order valence-corrected chi connectivity index (χ2v) is 7.13. The summed E-state index contributed by atoms with van der Waals surface area (Å²) >= 11 is 0. The van der Waals surface area contributed by atoms with Crippen LogP contribution in [-0.2, 0) is 10.0 Å². The Morgan fingerprint density at radius 2 is 1.71 bits per heavy atom. The third-order valence-electron chi connectivity index (χ3n) is 3.42. The molecule has 0 saturated heterocycles. The Morgan fingerprint density at radius 3 is 2.29 bits per heavy atom. The minimum absolute atomic E-state index is 0.251. The minimum atomic E-state index is -3.40. The van der Waals surface area contributed by atoms with Crippen molar-refractivity contribution < 1.29 is 17.9 Å². The lowest BCUT2D eigenvalue weighted by molar-refractivity contribution is 0.0940. The predicted molar refractivity (Wildman–Crippen MR) is 93.8 cm³/mol. The lowest BCUT2D eigenvalue weighted by Crippen LogP contribution is -2.27. The average molecular weight is 348 g/mol. The van der Waals surface area contributed by atoms with Gasteiger partial charge in [-0.2, -0.15) is 0 Å². The summed E-state index contributed by atoms with van der Waals surface area (Å²) in [7, 11) is -1.84. The number of nitrogens with one attached hydrogen (secondary N) is 2. The summed E-state index contributed by atoms with van der Waals surface area (Å²) in [4.78, 5) is 12.3. The molecule has 1 amide bonds. The third kappa shape index (κ3) is 4.73. The normalized spacial score (nSPS) is 12.3. The molecule has 0 heterocycles. The summed E-state index contributed by atoms with van der Waals surface area (Å²) in [5.41, 5.74) is 1.63. The number of benzene rings is 2. The van der Waals surface area contributed by atoms with Crippen LogP contribution in [0.1, 0.15) is 28.9 Å². The Kier molecular flexibility index (Phi) is 5.46. The summed E-state index contributed by atoms with van der Waals surface area (Å²) in [6.45, 7) is 1.80. The smallest absolute Gasteiger partial charge is 0.251 e. The number of sulfonamides is 1. The van der Waals surface area contributed by atoms with E-state index in [1.165, 1.54) is 0 Å². The number of hydrogen-bond donors (Lipinski definition) is 2. The van der Waals surface area contributed by atoms with Crippen molar-refractivity contribution in [2.24, 2.45) is 0 Å². The van der Waals surface area contributed by atoms with E-state index in [1.807, 2.05) is 0 Å². The van der Waals surface area contributed by atoms with Crippen LogP contribution in [0.5, 0.6) is 5.75 Å². The van der Waals surface area contributed by atoms with Gasteiger partial charge in [-0.05, 0) is 42.8 Å². The van der Waals surface area contributed by atoms with Crippen LogP contribution in [0.25, 0.3) is 0 Å². The maximum Gasteiger partial charge on any atom is 0.251 e. The molecular weight excluding hydrogens is 328 g/mol. The number of rotatable bonds is 6. The lowest BCUT2D eigenvalue weighted by Gasteiger charge is -2.18. The first-order valence-corrected chi connectivity index (χ1v) is 9.21. The summed E-state index contributed by atoms with van der Waals surface area (Å²) in [5.74, 6) is 0.418. The zero-order chi connectivity index (χ0) is 17.7. The second-order valence-electron chi connectivity index (χ2n) is 5.39. The van der Waals surface area contributed by atoms with Gasteiger partial charge in [-0.15, -0.1) is 0 Å². The van der Waals surface area contributed by atoms with Crippen LogP contribution in [-0.4, -0.2) is 27.7 Å². The molecule has 0 saturated carbocycles. The molecule has 2 aromatic rings. The summed E-state index contributed by atoms with van der Waals surface area (Å²) in [6, 6.07) is 13.3. The molecule has 0 bridgehead atoms. The van der Waals surface area contributed by atoms with E-state index in [0.717, 1.165) is 6.26 Å². The molecule has 0 aromatic heterocycles. The molecule has 128 valence electrons. The van der Waals surface area contributed by atoms with Gasteiger partial charge in [0.05, 0.1) is 25.1 Å². The number of amides is 1. The SMILES string of the molecule is COc1ccc(C(=O)NC(C)c2ccccc2NS(C)(=O)=O)cc1. The Morgan fingerprint density at radius 1 is 1.08 bits per heavy atom. The minimum Gasteiger partial charge on any atom is -0.497 e. The van der Waals surface area contributed by atoms with Gasteiger partial charge in [-0.25, -0.2) is 8.42 Å². The van der Waals surface area contributed by atoms with E-state index in [4.69, 9.17) is 4.74 Å². The summed E-state index contributed by atoms with van der Waals surface area (Å²) in [6.07, 6.45) is 1.09. The van der Waals surface area contributed by atoms with E-state index in [0.29, 0.717) is 22.6 Å². The van der Waals surface area contributed by atoms with Gasteiger partial charge in [-0.3, -0.25) is 9.52 Å². The maximum atomic E-state index is 12.3. The van der Waals surface area contributed by atoms with Crippen LogP contribution in [0.15, 0.2) is 48.5 Å². The zero-order valence-corrected chi connectivity index (χ0v) is 14.6. The molecule has 2 aromatic carbocycles. The van der Waals surface area contributed by atoms with Crippen molar-refractivity contribution in [3.8, 4) is 5.75 Å². The summed E-state index contributed by atoms with van der Waals surface area (Å²) < 4.78 is 30.5. The first-order chi connectivity index (χ1) is 11.3. The van der Waals surface area contributed by atoms with Crippen LogP contribution in [0.2, 0.25) is 0 Å². The van der Waals surface area contributed by atoms with Crippen LogP contribution in [0, 0.1) is 0 Å². The van der Waals surface area contributed by atoms with Gasteiger partial charge in [0.2, 0.25) is 10.0 Å². The van der Waals surface area contributed by atoms with Gasteiger partial charge in [0.15, 0.2) is 0 Å². The fraction of sp³-hybridized carbons (Fsp3) is 0.235. The molecule has 6 nitrogen and oxygen atoms in total. The molecule has 0 spiro atoms. The van der Waals surface area contributed by atoms with E-state index < -0.39 is 10.0 Å². The van der Waals surface area contributed by atoms with Crippen molar-refractivity contribution in [3.05, 3.63) is 59.7 Å². The highest BCUT2D eigenvalue weighted by molar-refractivity contribution is 7.92. The Balaban J connectivity index is 2.17. The number of para-hydroxylation sites is 1. The molecule has 24 heavy (non-hydrogen) atoms. The quantitative estimate of drug-likeness (QED) is 0.840. The highest BCUT2D eigenvalue weighted by atomic mass is 32.2. The number of anilines is 1. The molecular formula is C17H20N2O4S. The van der Waals surface area contributed by atoms with Crippen molar-refractivity contribution in [1.82, 2.24) is 5.32 Å². The van der Waals surface area contributed by atoms with Gasteiger partial charge >= 0.3 is 0 Å². The van der Waals surface area contributed by atoms with Crippen LogP contribution >= 0.6 is 0 Å². The Bertz CT molecular complexity index is 817. The molecule has 0 aliphatic rings. The fourth-order valence-electron chi connectivity index (χ4n) is 2.27. The Labute approximate surface area is 141 Å². The fourth-order valence-corrected chi connectivity index (χ4v) is 2.85. The van der Waals surface area contributed by atoms with Crippen molar-refractivity contribution in [2.75, 3.05) is 18.1 Å². The number of hydrogen-bond acceptors (Lipinski definition) is 4. The summed E-state index contributed by atoms with van der Waals surface area (Å²) in [5, 5.41) is 2.86. The van der Waals surface area contributed by atoms with E-state index >= 15 is 0 Å². The maximum absolute atomic E-state index is 12.3. The highest BCUT2D eigenvalue weighted by Gasteiger charge is 2.16. The van der Waals surface area contributed by atoms with Crippen molar-refractivity contribution in [3.63, 3.8) is 0 Å². The van der Waals surface area contributed by atoms with E-state index in [9.17, 15) is 13.2 Å². The monoisotopic (exact) mass is 348 g/mol. The van der Waals surface area contributed by atoms with Crippen LogP contribution in [0.3, 0.4) is 0 Å². The first kappa shape index (κ1) is 17.8. The van der Waals surface area contributed by atoms with Gasteiger partial charge < -0.3 is 10.1 Å². The van der Waals surface area contributed by atoms with E-state index in [2.05, 4.69) is 10.0 Å². The predicted octanol–water partition coefficient (Wildman–Crippen LogP) is 2.56. The number of ether oxygens (including phenoxy) is 1. The molecule has 2 rings (SSSR count). The van der Waals surface area contributed by atoms with Gasteiger partial charge in [-0.1, -0.05) is 18.2 Å².